The first-order chi connectivity index (χ1) is 8.09. The fourth-order valence-electron chi connectivity index (χ4n) is 2.13. The molecule has 1 unspecified atom stereocenters. The molecule has 0 N–H and O–H groups in total. The van der Waals surface area contributed by atoms with E-state index in [1.54, 1.807) is 17.0 Å². The number of amides is 1. The zero-order valence-corrected chi connectivity index (χ0v) is 10.4. The highest BCUT2D eigenvalue weighted by Crippen LogP contribution is 2.26. The van der Waals surface area contributed by atoms with Gasteiger partial charge in [-0.25, -0.2) is 0 Å². The van der Waals surface area contributed by atoms with Crippen LogP contribution in [0.4, 0.5) is 5.69 Å². The zero-order chi connectivity index (χ0) is 12.4. The van der Waals surface area contributed by atoms with Crippen molar-refractivity contribution in [2.75, 3.05) is 11.4 Å². The lowest BCUT2D eigenvalue weighted by atomic mass is 9.93. The number of rotatable bonds is 2. The lowest BCUT2D eigenvalue weighted by molar-refractivity contribution is -0.132. The summed E-state index contributed by atoms with van der Waals surface area (Å²) in [5.74, 6) is -0.612. The molecule has 0 radical (unpaired) electrons. The fourth-order valence-corrected chi connectivity index (χ4v) is 2.26. The van der Waals surface area contributed by atoms with Crippen LogP contribution in [-0.4, -0.2) is 18.2 Å². The minimum Gasteiger partial charge on any atom is -0.312 e. The Bertz CT molecular complexity index is 441. The molecule has 0 aliphatic carbocycles. The first-order valence-corrected chi connectivity index (χ1v) is 6.05. The third-order valence-electron chi connectivity index (χ3n) is 3.07. The van der Waals surface area contributed by atoms with Crippen LogP contribution in [0.3, 0.4) is 0 Å². The van der Waals surface area contributed by atoms with E-state index in [9.17, 15) is 9.59 Å². The summed E-state index contributed by atoms with van der Waals surface area (Å²) in [7, 11) is 0. The highest BCUT2D eigenvalue weighted by atomic mass is 35.5. The lowest BCUT2D eigenvalue weighted by Gasteiger charge is -2.31. The van der Waals surface area contributed by atoms with Gasteiger partial charge in [0.15, 0.2) is 0 Å². The summed E-state index contributed by atoms with van der Waals surface area (Å²) in [5.41, 5.74) is 0.811. The van der Waals surface area contributed by atoms with Crippen LogP contribution in [0.2, 0.25) is 5.02 Å². The number of carbonyl (C=O) groups is 2. The predicted octanol–water partition coefficient (Wildman–Crippen LogP) is 2.67. The van der Waals surface area contributed by atoms with Gasteiger partial charge >= 0.3 is 0 Å². The van der Waals surface area contributed by atoms with Crippen molar-refractivity contribution in [1.29, 1.82) is 0 Å². The van der Waals surface area contributed by atoms with Gasteiger partial charge in [-0.3, -0.25) is 9.59 Å². The number of halogens is 1. The third kappa shape index (κ3) is 2.50. The Hall–Kier alpha value is -1.35. The SMILES string of the molecule is CC(=O)C1CCCN(c2ccc(Cl)cc2)C1=O. The lowest BCUT2D eigenvalue weighted by Crippen LogP contribution is -2.43. The highest BCUT2D eigenvalue weighted by molar-refractivity contribution is 6.30. The molecule has 1 aromatic carbocycles. The number of ketones is 1. The second kappa shape index (κ2) is 4.88. The molecule has 1 saturated heterocycles. The molecule has 0 aromatic heterocycles. The quantitative estimate of drug-likeness (QED) is 0.758. The van der Waals surface area contributed by atoms with E-state index in [1.807, 2.05) is 12.1 Å². The molecule has 2 rings (SSSR count). The molecule has 17 heavy (non-hydrogen) atoms. The third-order valence-corrected chi connectivity index (χ3v) is 3.32. The Morgan fingerprint density at radius 2 is 2.00 bits per heavy atom. The highest BCUT2D eigenvalue weighted by Gasteiger charge is 2.32. The van der Waals surface area contributed by atoms with E-state index in [2.05, 4.69) is 0 Å². The van der Waals surface area contributed by atoms with Crippen LogP contribution in [0.15, 0.2) is 24.3 Å². The van der Waals surface area contributed by atoms with Gasteiger partial charge in [0.25, 0.3) is 0 Å². The largest absolute Gasteiger partial charge is 0.312 e. The van der Waals surface area contributed by atoms with Gasteiger partial charge in [-0.15, -0.1) is 0 Å². The molecule has 0 spiro atoms. The monoisotopic (exact) mass is 251 g/mol. The summed E-state index contributed by atoms with van der Waals surface area (Å²) in [4.78, 5) is 25.2. The maximum Gasteiger partial charge on any atom is 0.237 e. The number of hydrogen-bond donors (Lipinski definition) is 0. The topological polar surface area (TPSA) is 37.4 Å². The van der Waals surface area contributed by atoms with Crippen LogP contribution in [0.5, 0.6) is 0 Å². The van der Waals surface area contributed by atoms with Crippen molar-refractivity contribution in [1.82, 2.24) is 0 Å². The van der Waals surface area contributed by atoms with Crippen LogP contribution < -0.4 is 4.90 Å². The van der Waals surface area contributed by atoms with Crippen molar-refractivity contribution in [2.24, 2.45) is 5.92 Å². The van der Waals surface area contributed by atoms with Crippen molar-refractivity contribution < 1.29 is 9.59 Å². The molecular formula is C13H14ClNO2. The molecule has 3 nitrogen and oxygen atoms in total. The van der Waals surface area contributed by atoms with E-state index in [0.717, 1.165) is 12.1 Å². The van der Waals surface area contributed by atoms with Gasteiger partial charge in [-0.2, -0.15) is 0 Å². The van der Waals surface area contributed by atoms with E-state index in [-0.39, 0.29) is 11.7 Å². The van der Waals surface area contributed by atoms with Crippen LogP contribution >= 0.6 is 11.6 Å². The number of piperidine rings is 1. The minimum absolute atomic E-state index is 0.0475. The van der Waals surface area contributed by atoms with Gasteiger partial charge < -0.3 is 4.90 Å². The zero-order valence-electron chi connectivity index (χ0n) is 9.65. The number of hydrogen-bond acceptors (Lipinski definition) is 2. The second-order valence-corrected chi connectivity index (χ2v) is 4.71. The van der Waals surface area contributed by atoms with Gasteiger partial charge in [0.2, 0.25) is 5.91 Å². The van der Waals surface area contributed by atoms with Gasteiger partial charge in [0, 0.05) is 17.3 Å². The van der Waals surface area contributed by atoms with E-state index in [1.165, 1.54) is 6.92 Å². The van der Waals surface area contributed by atoms with Crippen LogP contribution in [0.25, 0.3) is 0 Å². The Morgan fingerprint density at radius 3 is 2.59 bits per heavy atom. The van der Waals surface area contributed by atoms with Crippen molar-refractivity contribution in [3.8, 4) is 0 Å². The van der Waals surface area contributed by atoms with E-state index in [4.69, 9.17) is 11.6 Å². The molecular weight excluding hydrogens is 238 g/mol. The summed E-state index contributed by atoms with van der Waals surface area (Å²) in [6.45, 7) is 2.15. The molecule has 1 fully saturated rings. The van der Waals surface area contributed by atoms with Crippen molar-refractivity contribution >= 4 is 29.0 Å². The average Bonchev–Trinajstić information content (AvgIpc) is 2.30. The van der Waals surface area contributed by atoms with Gasteiger partial charge in [-0.05, 0) is 44.0 Å². The van der Waals surface area contributed by atoms with Crippen LogP contribution in [0.1, 0.15) is 19.8 Å². The molecule has 1 heterocycles. The maximum atomic E-state index is 12.1. The predicted molar refractivity (Wildman–Crippen MR) is 67.2 cm³/mol. The minimum atomic E-state index is -0.473. The molecule has 1 amide bonds. The Labute approximate surface area is 105 Å². The Morgan fingerprint density at radius 1 is 1.35 bits per heavy atom. The first kappa shape index (κ1) is 12.1. The van der Waals surface area contributed by atoms with Crippen LogP contribution in [0, 0.1) is 5.92 Å². The van der Waals surface area contributed by atoms with E-state index >= 15 is 0 Å². The number of Topliss-reactive ketones (excluding diaryl/α,β-unsaturated/α-hetero) is 1. The fraction of sp³-hybridized carbons (Fsp3) is 0.385. The standard InChI is InChI=1S/C13H14ClNO2/c1-9(16)12-3-2-8-15(13(12)17)11-6-4-10(14)5-7-11/h4-7,12H,2-3,8H2,1H3. The Balaban J connectivity index is 2.23. The van der Waals surface area contributed by atoms with E-state index < -0.39 is 5.92 Å². The van der Waals surface area contributed by atoms with Crippen LogP contribution in [-0.2, 0) is 9.59 Å². The summed E-state index contributed by atoms with van der Waals surface area (Å²) in [5, 5.41) is 0.640. The molecule has 1 aliphatic rings. The smallest absolute Gasteiger partial charge is 0.237 e. The first-order valence-electron chi connectivity index (χ1n) is 5.67. The summed E-state index contributed by atoms with van der Waals surface area (Å²) in [6, 6.07) is 7.12. The molecule has 4 heteroatoms. The molecule has 1 aromatic rings. The van der Waals surface area contributed by atoms with E-state index in [0.29, 0.717) is 18.0 Å². The molecule has 1 aliphatic heterocycles. The Kier molecular flexibility index (Phi) is 3.48. The van der Waals surface area contributed by atoms with Gasteiger partial charge in [-0.1, -0.05) is 11.6 Å². The van der Waals surface area contributed by atoms with Gasteiger partial charge in [0.1, 0.15) is 5.78 Å². The normalized spacial score (nSPS) is 20.5. The molecule has 90 valence electrons. The molecule has 0 saturated carbocycles. The maximum absolute atomic E-state index is 12.1. The summed E-state index contributed by atoms with van der Waals surface area (Å²) in [6.07, 6.45) is 1.52. The molecule has 0 bridgehead atoms. The number of benzene rings is 1. The number of nitrogens with zero attached hydrogens (tertiary/aromatic N) is 1. The summed E-state index contributed by atoms with van der Waals surface area (Å²) < 4.78 is 0. The average molecular weight is 252 g/mol. The summed E-state index contributed by atoms with van der Waals surface area (Å²) >= 11 is 5.81. The van der Waals surface area contributed by atoms with Crippen molar-refractivity contribution in [2.45, 2.75) is 19.8 Å². The van der Waals surface area contributed by atoms with Crippen molar-refractivity contribution in [3.05, 3.63) is 29.3 Å². The number of carbonyl (C=O) groups excluding carboxylic acids is 2. The molecule has 1 atom stereocenters. The van der Waals surface area contributed by atoms with Crippen molar-refractivity contribution in [3.63, 3.8) is 0 Å². The van der Waals surface area contributed by atoms with Gasteiger partial charge in [0.05, 0.1) is 5.92 Å². The number of anilines is 1. The second-order valence-electron chi connectivity index (χ2n) is 4.27.